The molecule has 0 spiro atoms. The Hall–Kier alpha value is -0.440. The zero-order valence-corrected chi connectivity index (χ0v) is 11.2. The summed E-state index contributed by atoms with van der Waals surface area (Å²) in [5, 5.41) is 0. The van der Waals surface area contributed by atoms with Gasteiger partial charge in [0.2, 0.25) is 0 Å². The van der Waals surface area contributed by atoms with Gasteiger partial charge in [0.25, 0.3) is 0 Å². The Morgan fingerprint density at radius 2 is 2.00 bits per heavy atom. The van der Waals surface area contributed by atoms with Crippen LogP contribution in [0, 0.1) is 17.8 Å². The van der Waals surface area contributed by atoms with Crippen molar-refractivity contribution in [3.8, 4) is 0 Å². The summed E-state index contributed by atoms with van der Waals surface area (Å²) in [6, 6.07) is 0. The predicted octanol–water partition coefficient (Wildman–Crippen LogP) is 2.64. The molecule has 0 aromatic carbocycles. The van der Waals surface area contributed by atoms with E-state index in [9.17, 15) is 9.36 Å². The van der Waals surface area contributed by atoms with E-state index in [0.29, 0.717) is 11.8 Å². The molecule has 0 heterocycles. The molecule has 4 nitrogen and oxygen atoms in total. The molecule has 0 radical (unpaired) electrons. The number of allylic oxidation sites excluding steroid dienone is 2. The molecule has 17 heavy (non-hydrogen) atoms. The highest BCUT2D eigenvalue weighted by Crippen LogP contribution is 2.49. The third-order valence-electron chi connectivity index (χ3n) is 3.89. The van der Waals surface area contributed by atoms with Gasteiger partial charge in [-0.25, -0.2) is 0 Å². The second kappa shape index (κ2) is 5.05. The fourth-order valence-corrected chi connectivity index (χ4v) is 3.84. The first-order valence-corrected chi connectivity index (χ1v) is 7.72. The van der Waals surface area contributed by atoms with Gasteiger partial charge in [-0.1, -0.05) is 12.2 Å². The Kier molecular flexibility index (Phi) is 3.86. The molecule has 3 atom stereocenters. The summed E-state index contributed by atoms with van der Waals surface area (Å²) in [7, 11) is -0.552. The number of hydrogen-bond donors (Lipinski definition) is 0. The van der Waals surface area contributed by atoms with Gasteiger partial charge in [0, 0.05) is 20.1 Å². The molecule has 2 bridgehead atoms. The SMILES string of the molecule is COP(=O)(CC(=O)C1CC2C=CC1CC2)OC. The van der Waals surface area contributed by atoms with E-state index < -0.39 is 7.60 Å². The molecule has 3 unspecified atom stereocenters. The Balaban J connectivity index is 2.02. The van der Waals surface area contributed by atoms with E-state index >= 15 is 0 Å². The lowest BCUT2D eigenvalue weighted by Crippen LogP contribution is -2.34. The van der Waals surface area contributed by atoms with E-state index in [4.69, 9.17) is 9.05 Å². The van der Waals surface area contributed by atoms with Gasteiger partial charge < -0.3 is 9.05 Å². The van der Waals surface area contributed by atoms with Crippen molar-refractivity contribution in [2.45, 2.75) is 19.3 Å². The number of fused-ring (bicyclic) bond motifs is 2. The number of rotatable bonds is 5. The Morgan fingerprint density at radius 3 is 2.41 bits per heavy atom. The van der Waals surface area contributed by atoms with Gasteiger partial charge in [-0.05, 0) is 31.1 Å². The molecule has 3 aliphatic rings. The maximum atomic E-state index is 12.2. The Bertz CT molecular complexity index is 369. The molecule has 3 aliphatic carbocycles. The summed E-state index contributed by atoms with van der Waals surface area (Å²) in [5.41, 5.74) is 0. The van der Waals surface area contributed by atoms with Crippen LogP contribution in [-0.4, -0.2) is 26.2 Å². The van der Waals surface area contributed by atoms with E-state index in [2.05, 4.69) is 12.2 Å². The van der Waals surface area contributed by atoms with Gasteiger partial charge in [0.15, 0.2) is 0 Å². The molecule has 0 aromatic heterocycles. The molecule has 1 fully saturated rings. The minimum Gasteiger partial charge on any atom is -0.312 e. The number of ketones is 1. The highest BCUT2D eigenvalue weighted by Gasteiger charge is 2.39. The summed E-state index contributed by atoms with van der Waals surface area (Å²) in [6.07, 6.45) is 7.41. The summed E-state index contributed by atoms with van der Waals surface area (Å²) in [6.45, 7) is 0. The number of carbonyl (C=O) groups excluding carboxylic acids is 1. The van der Waals surface area contributed by atoms with Gasteiger partial charge in [-0.3, -0.25) is 9.36 Å². The third-order valence-corrected chi connectivity index (χ3v) is 5.71. The van der Waals surface area contributed by atoms with Crippen molar-refractivity contribution in [1.82, 2.24) is 0 Å². The first-order chi connectivity index (χ1) is 8.08. The maximum absolute atomic E-state index is 12.2. The normalized spacial score (nSPS) is 31.8. The summed E-state index contributed by atoms with van der Waals surface area (Å²) in [5.74, 6) is 0.890. The monoisotopic (exact) mass is 258 g/mol. The first-order valence-electron chi connectivity index (χ1n) is 5.99. The third kappa shape index (κ3) is 2.70. The molecule has 1 saturated carbocycles. The lowest BCUT2D eigenvalue weighted by molar-refractivity contribution is -0.123. The molecule has 3 rings (SSSR count). The van der Waals surface area contributed by atoms with E-state index in [0.717, 1.165) is 12.8 Å². The van der Waals surface area contributed by atoms with Crippen LogP contribution < -0.4 is 0 Å². The van der Waals surface area contributed by atoms with Gasteiger partial charge in [-0.2, -0.15) is 0 Å². The molecule has 0 saturated heterocycles. The zero-order chi connectivity index (χ0) is 12.5. The number of carbonyl (C=O) groups is 1. The molecular formula is C12H19O4P. The average molecular weight is 258 g/mol. The lowest BCUT2D eigenvalue weighted by atomic mass is 9.68. The predicted molar refractivity (Wildman–Crippen MR) is 65.0 cm³/mol. The number of Topliss-reactive ketones (excluding diaryl/α,β-unsaturated/α-hetero) is 1. The van der Waals surface area contributed by atoms with Crippen LogP contribution in [0.4, 0.5) is 0 Å². The smallest absolute Gasteiger partial charge is 0.312 e. The number of hydrogen-bond acceptors (Lipinski definition) is 4. The Labute approximate surface area is 102 Å². The van der Waals surface area contributed by atoms with Crippen LogP contribution in [0.15, 0.2) is 12.2 Å². The van der Waals surface area contributed by atoms with E-state index in [1.165, 1.54) is 20.6 Å². The van der Waals surface area contributed by atoms with Crippen LogP contribution in [0.3, 0.4) is 0 Å². The van der Waals surface area contributed by atoms with Crippen molar-refractivity contribution in [2.75, 3.05) is 20.4 Å². The van der Waals surface area contributed by atoms with Gasteiger partial charge in [0.1, 0.15) is 11.9 Å². The highest BCUT2D eigenvalue weighted by atomic mass is 31.2. The second-order valence-electron chi connectivity index (χ2n) is 4.83. The Morgan fingerprint density at radius 1 is 1.29 bits per heavy atom. The highest BCUT2D eigenvalue weighted by molar-refractivity contribution is 7.54. The van der Waals surface area contributed by atoms with Crippen molar-refractivity contribution in [3.05, 3.63) is 12.2 Å². The summed E-state index contributed by atoms with van der Waals surface area (Å²) < 4.78 is 21.6. The average Bonchev–Trinajstić information content (AvgIpc) is 2.39. The molecule has 0 aromatic rings. The molecule has 5 heteroatoms. The standard InChI is InChI=1S/C12H19O4P/c1-15-17(14,16-2)8-12(13)11-7-9-3-5-10(11)6-4-9/h3,5,9-11H,4,6-8H2,1-2H3. The van der Waals surface area contributed by atoms with Crippen molar-refractivity contribution < 1.29 is 18.4 Å². The van der Waals surface area contributed by atoms with E-state index in [1.807, 2.05) is 0 Å². The van der Waals surface area contributed by atoms with E-state index in [1.54, 1.807) is 0 Å². The lowest BCUT2D eigenvalue weighted by Gasteiger charge is -2.37. The molecule has 96 valence electrons. The molecular weight excluding hydrogens is 239 g/mol. The van der Waals surface area contributed by atoms with Crippen LogP contribution in [0.25, 0.3) is 0 Å². The second-order valence-corrected chi connectivity index (χ2v) is 7.10. The van der Waals surface area contributed by atoms with Crippen molar-refractivity contribution >= 4 is 13.4 Å². The van der Waals surface area contributed by atoms with Crippen LogP contribution in [0.1, 0.15) is 19.3 Å². The van der Waals surface area contributed by atoms with Gasteiger partial charge >= 0.3 is 7.60 Å². The molecule has 0 aliphatic heterocycles. The largest absolute Gasteiger partial charge is 0.337 e. The summed E-state index contributed by atoms with van der Waals surface area (Å²) >= 11 is 0. The maximum Gasteiger partial charge on any atom is 0.337 e. The van der Waals surface area contributed by atoms with Crippen LogP contribution >= 0.6 is 7.60 Å². The van der Waals surface area contributed by atoms with Crippen LogP contribution in [0.5, 0.6) is 0 Å². The quantitative estimate of drug-likeness (QED) is 0.562. The van der Waals surface area contributed by atoms with Crippen molar-refractivity contribution in [3.63, 3.8) is 0 Å². The van der Waals surface area contributed by atoms with Crippen molar-refractivity contribution in [1.29, 1.82) is 0 Å². The molecule has 0 amide bonds. The van der Waals surface area contributed by atoms with Gasteiger partial charge in [-0.15, -0.1) is 0 Å². The summed E-state index contributed by atoms with van der Waals surface area (Å²) in [4.78, 5) is 12.2. The zero-order valence-electron chi connectivity index (χ0n) is 10.3. The van der Waals surface area contributed by atoms with Gasteiger partial charge in [0.05, 0.1) is 0 Å². The minimum absolute atomic E-state index is 0.0115. The topological polar surface area (TPSA) is 52.6 Å². The van der Waals surface area contributed by atoms with Crippen molar-refractivity contribution in [2.24, 2.45) is 17.8 Å². The first kappa shape index (κ1) is 13.0. The van der Waals surface area contributed by atoms with Crippen LogP contribution in [-0.2, 0) is 18.4 Å². The fourth-order valence-electron chi connectivity index (χ4n) is 2.81. The molecule has 0 N–H and O–H groups in total. The van der Waals surface area contributed by atoms with E-state index in [-0.39, 0.29) is 17.9 Å². The minimum atomic E-state index is -3.20. The van der Waals surface area contributed by atoms with Crippen LogP contribution in [0.2, 0.25) is 0 Å². The fraction of sp³-hybridized carbons (Fsp3) is 0.750.